The first-order chi connectivity index (χ1) is 22.0. The summed E-state index contributed by atoms with van der Waals surface area (Å²) in [6.45, 7) is 10.9. The van der Waals surface area contributed by atoms with Crippen molar-refractivity contribution in [2.45, 2.75) is 104 Å². The van der Waals surface area contributed by atoms with E-state index >= 15 is 0 Å². The summed E-state index contributed by atoms with van der Waals surface area (Å²) in [5.74, 6) is -0.570. The summed E-state index contributed by atoms with van der Waals surface area (Å²) >= 11 is 0. The van der Waals surface area contributed by atoms with Gasteiger partial charge in [0.25, 0.3) is 0 Å². The maximum atomic E-state index is 12.9. The van der Waals surface area contributed by atoms with Crippen LogP contribution in [0.4, 0.5) is 0 Å². The molecule has 0 bridgehead atoms. The predicted octanol–water partition coefficient (Wildman–Crippen LogP) is 6.77. The number of aromatic hydroxyl groups is 1. The number of aliphatic carboxylic acids is 1. The first-order valence-corrected chi connectivity index (χ1v) is 17.6. The number of fused-ring (bicyclic) bond motifs is 7. The molecule has 0 saturated heterocycles. The molecule has 11 atom stereocenters. The van der Waals surface area contributed by atoms with E-state index in [2.05, 4.69) is 33.8 Å². The van der Waals surface area contributed by atoms with Crippen LogP contribution >= 0.6 is 0 Å². The third-order valence-electron chi connectivity index (χ3n) is 14.6. The van der Waals surface area contributed by atoms with E-state index in [0.717, 1.165) is 38.5 Å². The van der Waals surface area contributed by atoms with Gasteiger partial charge in [-0.25, -0.2) is 4.79 Å². The summed E-state index contributed by atoms with van der Waals surface area (Å²) in [6, 6.07) is 4.84. The molecule has 0 aliphatic heterocycles. The number of benzene rings is 1. The summed E-state index contributed by atoms with van der Waals surface area (Å²) in [5.41, 5.74) is -0.883. The van der Waals surface area contributed by atoms with E-state index in [1.165, 1.54) is 24.8 Å². The van der Waals surface area contributed by atoms with Crippen molar-refractivity contribution in [2.75, 3.05) is 13.7 Å². The number of carboxylic acids is 1. The second kappa shape index (κ2) is 11.6. The van der Waals surface area contributed by atoms with Gasteiger partial charge in [-0.2, -0.15) is 0 Å². The average molecular weight is 651 g/mol. The van der Waals surface area contributed by atoms with Crippen LogP contribution in [-0.2, 0) is 14.3 Å². The topological polar surface area (TPSA) is 134 Å². The van der Waals surface area contributed by atoms with Crippen molar-refractivity contribution < 1.29 is 39.5 Å². The fourth-order valence-electron chi connectivity index (χ4n) is 11.8. The zero-order chi connectivity index (χ0) is 34.2. The number of aliphatic hydroxyl groups is 2. The number of phenolic OH excluding ortho intramolecular Hbond substituents is 1. The van der Waals surface area contributed by atoms with Crippen molar-refractivity contribution in [1.82, 2.24) is 0 Å². The van der Waals surface area contributed by atoms with Gasteiger partial charge in [-0.15, -0.1) is 0 Å². The summed E-state index contributed by atoms with van der Waals surface area (Å²) < 4.78 is 11.0. The number of rotatable bonds is 6. The second-order valence-corrected chi connectivity index (χ2v) is 16.7. The molecule has 0 spiro atoms. The summed E-state index contributed by atoms with van der Waals surface area (Å²) in [4.78, 5) is 25.9. The number of allylic oxidation sites excluding steroid dienone is 1. The molecular weight excluding hydrogens is 596 g/mol. The molecule has 1 aromatic rings. The Morgan fingerprint density at radius 1 is 0.979 bits per heavy atom. The Kier molecular flexibility index (Phi) is 8.43. The van der Waals surface area contributed by atoms with Crippen molar-refractivity contribution in [1.29, 1.82) is 0 Å². The lowest BCUT2D eigenvalue weighted by Gasteiger charge is -2.68. The molecule has 0 unspecified atom stereocenters. The minimum atomic E-state index is -1.08. The highest BCUT2D eigenvalue weighted by molar-refractivity contribution is 5.87. The maximum Gasteiger partial charge on any atom is 0.330 e. The van der Waals surface area contributed by atoms with Crippen molar-refractivity contribution in [2.24, 2.45) is 51.2 Å². The molecule has 4 fully saturated rings. The van der Waals surface area contributed by atoms with E-state index in [0.29, 0.717) is 36.5 Å². The molecule has 5 aliphatic rings. The van der Waals surface area contributed by atoms with Crippen LogP contribution in [-0.4, -0.2) is 57.8 Å². The van der Waals surface area contributed by atoms with Gasteiger partial charge < -0.3 is 29.9 Å². The molecule has 1 aromatic carbocycles. The standard InChI is InChI=1S/C39H54O8/c1-23-13-19-39(34(43)44)20-14-26-25(33(39)38(23,5)45)9-11-29-35(26,2)17-15-30-36(29,3)18-16-31(41)37(30,4)22-47-32(42)12-8-24-7-10-27(40)28(21-24)46-6/h7-10,12,21,23,26,29-31,33,40-41,45H,11,13-20,22H2,1-6H3,(H,43,44)/b12-8+/t23-,26-,29+,30-,31+,33-,35+,36-,37-,38-,39+/m1/s1. The Balaban J connectivity index is 1.25. The van der Waals surface area contributed by atoms with Gasteiger partial charge in [0.2, 0.25) is 0 Å². The summed E-state index contributed by atoms with van der Waals surface area (Å²) in [6.07, 6.45) is 11.7. The zero-order valence-electron chi connectivity index (χ0n) is 28.9. The molecule has 0 aromatic heterocycles. The molecule has 4 saturated carbocycles. The number of hydrogen-bond donors (Lipinski definition) is 4. The van der Waals surface area contributed by atoms with Crippen LogP contribution in [0.1, 0.15) is 98.0 Å². The van der Waals surface area contributed by atoms with Crippen LogP contribution < -0.4 is 4.74 Å². The molecule has 0 radical (unpaired) electrons. The van der Waals surface area contributed by atoms with Gasteiger partial charge in [0.15, 0.2) is 11.5 Å². The fourth-order valence-corrected chi connectivity index (χ4v) is 11.8. The Morgan fingerprint density at radius 3 is 2.38 bits per heavy atom. The lowest BCUT2D eigenvalue weighted by Crippen LogP contribution is -2.65. The number of carbonyl (C=O) groups excluding carboxylic acids is 1. The number of methoxy groups -OCH3 is 1. The van der Waals surface area contributed by atoms with Gasteiger partial charge in [0, 0.05) is 17.4 Å². The molecule has 5 aliphatic carbocycles. The smallest absolute Gasteiger partial charge is 0.330 e. The Hall–Kier alpha value is -2.84. The molecular formula is C39H54O8. The normalized spacial score (nSPS) is 44.3. The van der Waals surface area contributed by atoms with Crippen molar-refractivity contribution >= 4 is 18.0 Å². The van der Waals surface area contributed by atoms with Crippen LogP contribution in [0.15, 0.2) is 35.9 Å². The van der Waals surface area contributed by atoms with Crippen molar-refractivity contribution in [3.8, 4) is 11.5 Å². The number of ether oxygens (including phenoxy) is 2. The molecule has 4 N–H and O–H groups in total. The second-order valence-electron chi connectivity index (χ2n) is 16.7. The molecule has 8 heteroatoms. The van der Waals surface area contributed by atoms with Crippen LogP contribution in [0.25, 0.3) is 6.08 Å². The predicted molar refractivity (Wildman–Crippen MR) is 178 cm³/mol. The number of carbonyl (C=O) groups is 2. The van der Waals surface area contributed by atoms with Gasteiger partial charge in [-0.3, -0.25) is 4.79 Å². The van der Waals surface area contributed by atoms with Gasteiger partial charge in [0.05, 0.1) is 30.8 Å². The molecule has 0 amide bonds. The fraction of sp³-hybridized carbons (Fsp3) is 0.692. The van der Waals surface area contributed by atoms with Crippen molar-refractivity contribution in [3.05, 3.63) is 41.5 Å². The van der Waals surface area contributed by atoms with E-state index in [4.69, 9.17) is 9.47 Å². The highest BCUT2D eigenvalue weighted by Crippen LogP contribution is 2.72. The number of hydrogen-bond acceptors (Lipinski definition) is 7. The van der Waals surface area contributed by atoms with E-state index in [-0.39, 0.29) is 46.9 Å². The molecule has 47 heavy (non-hydrogen) atoms. The molecule has 258 valence electrons. The van der Waals surface area contributed by atoms with E-state index in [1.54, 1.807) is 18.2 Å². The van der Waals surface area contributed by atoms with Crippen LogP contribution in [0.3, 0.4) is 0 Å². The third kappa shape index (κ3) is 5.06. The average Bonchev–Trinajstić information content (AvgIpc) is 3.03. The van der Waals surface area contributed by atoms with E-state index < -0.39 is 34.5 Å². The maximum absolute atomic E-state index is 12.9. The zero-order valence-corrected chi connectivity index (χ0v) is 28.9. The number of phenols is 1. The number of esters is 1. The largest absolute Gasteiger partial charge is 0.504 e. The first kappa shape index (κ1) is 34.0. The summed E-state index contributed by atoms with van der Waals surface area (Å²) in [5, 5.41) is 43.9. The van der Waals surface area contributed by atoms with E-state index in [1.807, 2.05) is 6.92 Å². The van der Waals surface area contributed by atoms with Gasteiger partial charge in [-0.1, -0.05) is 45.4 Å². The number of carboxylic acid groups (broad SMARTS) is 1. The van der Waals surface area contributed by atoms with Gasteiger partial charge in [-0.05, 0) is 123 Å². The van der Waals surface area contributed by atoms with Crippen molar-refractivity contribution in [3.63, 3.8) is 0 Å². The minimum Gasteiger partial charge on any atom is -0.504 e. The SMILES string of the molecule is COc1cc(/C=C/C(=O)OC[C@]2(C)[C@@H]3CC[C@]4(C)[C@H](CC=C5[C@H]4CC[C@@]4(C(=O)O)CC[C@@H](C)[C@@](C)(O)[C@@H]54)[C@@]3(C)CC[C@@H]2O)ccc1O. The van der Waals surface area contributed by atoms with Crippen LogP contribution in [0.5, 0.6) is 11.5 Å². The Labute approximate surface area is 279 Å². The van der Waals surface area contributed by atoms with Gasteiger partial charge >= 0.3 is 11.9 Å². The molecule has 8 nitrogen and oxygen atoms in total. The highest BCUT2D eigenvalue weighted by atomic mass is 16.5. The lowest BCUT2D eigenvalue weighted by molar-refractivity contribution is -0.212. The van der Waals surface area contributed by atoms with E-state index in [9.17, 15) is 30.0 Å². The minimum absolute atomic E-state index is 0.0232. The Bertz CT molecular complexity index is 1480. The first-order valence-electron chi connectivity index (χ1n) is 17.6. The summed E-state index contributed by atoms with van der Waals surface area (Å²) in [7, 11) is 1.47. The third-order valence-corrected chi connectivity index (χ3v) is 14.6. The van der Waals surface area contributed by atoms with Crippen LogP contribution in [0, 0.1) is 51.2 Å². The monoisotopic (exact) mass is 650 g/mol. The van der Waals surface area contributed by atoms with Gasteiger partial charge in [0.1, 0.15) is 0 Å². The van der Waals surface area contributed by atoms with Crippen LogP contribution in [0.2, 0.25) is 0 Å². The number of aliphatic hydroxyl groups excluding tert-OH is 1. The quantitative estimate of drug-likeness (QED) is 0.151. The molecule has 6 rings (SSSR count). The molecule has 0 heterocycles. The highest BCUT2D eigenvalue weighted by Gasteiger charge is 2.68. The Morgan fingerprint density at radius 2 is 1.68 bits per heavy atom. The lowest BCUT2D eigenvalue weighted by atomic mass is 9.36.